The van der Waals surface area contributed by atoms with Crippen molar-refractivity contribution in [3.05, 3.63) is 23.2 Å². The summed E-state index contributed by atoms with van der Waals surface area (Å²) in [6.07, 6.45) is 1.37. The molecule has 16 heavy (non-hydrogen) atoms. The normalized spacial score (nSPS) is 19.7. The number of halogens is 1. The summed E-state index contributed by atoms with van der Waals surface area (Å²) < 4.78 is 5.27. The number of nitrogens with one attached hydrogen (secondary N) is 1. The minimum Gasteiger partial charge on any atom is -0.397 e. The molecular weight excluding hydrogens is 228 g/mol. The molecule has 0 radical (unpaired) electrons. The van der Waals surface area contributed by atoms with Crippen LogP contribution in [0.3, 0.4) is 0 Å². The van der Waals surface area contributed by atoms with Crippen LogP contribution in [0.1, 0.15) is 12.8 Å². The van der Waals surface area contributed by atoms with E-state index in [1.54, 1.807) is 18.2 Å². The molecule has 3 N–H and O–H groups in total. The van der Waals surface area contributed by atoms with Gasteiger partial charge >= 0.3 is 0 Å². The summed E-state index contributed by atoms with van der Waals surface area (Å²) in [6, 6.07) is 5.00. The quantitative estimate of drug-likeness (QED) is 0.778. The molecule has 1 atom stereocenters. The third kappa shape index (κ3) is 2.46. The number of amides is 1. The first-order chi connectivity index (χ1) is 7.66. The Kier molecular flexibility index (Phi) is 3.31. The molecule has 2 rings (SSSR count). The van der Waals surface area contributed by atoms with Crippen molar-refractivity contribution >= 4 is 28.9 Å². The number of hydrogen-bond donors (Lipinski definition) is 2. The minimum atomic E-state index is -0.336. The lowest BCUT2D eigenvalue weighted by molar-refractivity contribution is -0.124. The lowest BCUT2D eigenvalue weighted by Crippen LogP contribution is -2.26. The predicted molar refractivity (Wildman–Crippen MR) is 63.5 cm³/mol. The molecule has 0 aliphatic carbocycles. The van der Waals surface area contributed by atoms with Crippen molar-refractivity contribution in [1.82, 2.24) is 0 Å². The van der Waals surface area contributed by atoms with E-state index >= 15 is 0 Å². The molecule has 1 aromatic carbocycles. The number of benzene rings is 1. The third-order valence-electron chi connectivity index (χ3n) is 2.49. The van der Waals surface area contributed by atoms with Crippen molar-refractivity contribution in [2.45, 2.75) is 18.9 Å². The Bertz CT molecular complexity index is 403. The summed E-state index contributed by atoms with van der Waals surface area (Å²) in [5.41, 5.74) is 6.73. The Morgan fingerprint density at radius 2 is 2.38 bits per heavy atom. The number of anilines is 2. The Balaban J connectivity index is 2.02. The summed E-state index contributed by atoms with van der Waals surface area (Å²) in [6.45, 7) is 0.654. The first kappa shape index (κ1) is 11.2. The summed E-state index contributed by atoms with van der Waals surface area (Å²) >= 11 is 5.78. The zero-order valence-electron chi connectivity index (χ0n) is 8.70. The molecule has 1 amide bonds. The van der Waals surface area contributed by atoms with Crippen LogP contribution < -0.4 is 11.1 Å². The highest BCUT2D eigenvalue weighted by atomic mass is 35.5. The van der Waals surface area contributed by atoms with Gasteiger partial charge in [-0.3, -0.25) is 4.79 Å². The van der Waals surface area contributed by atoms with Gasteiger partial charge in [0.05, 0.1) is 10.7 Å². The van der Waals surface area contributed by atoms with E-state index in [1.165, 1.54) is 0 Å². The lowest BCUT2D eigenvalue weighted by atomic mass is 10.2. The molecule has 0 unspecified atom stereocenters. The molecule has 86 valence electrons. The topological polar surface area (TPSA) is 64.3 Å². The lowest BCUT2D eigenvalue weighted by Gasteiger charge is -2.11. The second-order valence-electron chi connectivity index (χ2n) is 3.73. The molecule has 4 nitrogen and oxygen atoms in total. The molecule has 1 aromatic rings. The Morgan fingerprint density at radius 1 is 1.56 bits per heavy atom. The fraction of sp³-hybridized carbons (Fsp3) is 0.364. The van der Waals surface area contributed by atoms with Crippen LogP contribution in [0.25, 0.3) is 0 Å². The van der Waals surface area contributed by atoms with Crippen LogP contribution in [0.5, 0.6) is 0 Å². The maximum atomic E-state index is 11.7. The number of ether oxygens (including phenoxy) is 1. The van der Waals surface area contributed by atoms with Crippen LogP contribution in [0.15, 0.2) is 18.2 Å². The van der Waals surface area contributed by atoms with Crippen molar-refractivity contribution in [3.8, 4) is 0 Å². The number of hydrogen-bond acceptors (Lipinski definition) is 3. The maximum absolute atomic E-state index is 11.7. The zero-order chi connectivity index (χ0) is 11.5. The van der Waals surface area contributed by atoms with Gasteiger partial charge in [-0.25, -0.2) is 0 Å². The van der Waals surface area contributed by atoms with Gasteiger partial charge in [0.1, 0.15) is 6.10 Å². The maximum Gasteiger partial charge on any atom is 0.253 e. The van der Waals surface area contributed by atoms with E-state index in [9.17, 15) is 4.79 Å². The number of carbonyl (C=O) groups is 1. The third-order valence-corrected chi connectivity index (χ3v) is 2.83. The highest BCUT2D eigenvalue weighted by Gasteiger charge is 2.23. The van der Waals surface area contributed by atoms with E-state index in [4.69, 9.17) is 22.1 Å². The average molecular weight is 241 g/mol. The smallest absolute Gasteiger partial charge is 0.253 e. The van der Waals surface area contributed by atoms with Gasteiger partial charge in [-0.15, -0.1) is 0 Å². The van der Waals surface area contributed by atoms with Gasteiger partial charge in [-0.05, 0) is 31.0 Å². The predicted octanol–water partition coefficient (Wildman–Crippen LogP) is 2.04. The van der Waals surface area contributed by atoms with Gasteiger partial charge in [0.2, 0.25) is 0 Å². The van der Waals surface area contributed by atoms with Gasteiger partial charge in [0, 0.05) is 12.3 Å². The molecule has 1 saturated heterocycles. The average Bonchev–Trinajstić information content (AvgIpc) is 2.77. The highest BCUT2D eigenvalue weighted by Crippen LogP contribution is 2.23. The summed E-state index contributed by atoms with van der Waals surface area (Å²) in [7, 11) is 0. The van der Waals surface area contributed by atoms with Crippen molar-refractivity contribution in [2.75, 3.05) is 17.7 Å². The SMILES string of the molecule is Nc1cc(NC(=O)[C@H]2CCCO2)ccc1Cl. The molecule has 0 bridgehead atoms. The molecule has 0 saturated carbocycles. The summed E-state index contributed by atoms with van der Waals surface area (Å²) in [4.78, 5) is 11.7. The number of carbonyl (C=O) groups excluding carboxylic acids is 1. The standard InChI is InChI=1S/C11H13ClN2O2/c12-8-4-3-7(6-9(8)13)14-11(15)10-2-1-5-16-10/h3-4,6,10H,1-2,5,13H2,(H,14,15)/t10-/m1/s1. The van der Waals surface area contributed by atoms with Crippen LogP contribution in [0.4, 0.5) is 11.4 Å². The first-order valence-corrected chi connectivity index (χ1v) is 5.52. The largest absolute Gasteiger partial charge is 0.397 e. The Morgan fingerprint density at radius 3 is 3.00 bits per heavy atom. The molecular formula is C11H13ClN2O2. The van der Waals surface area contributed by atoms with Crippen molar-refractivity contribution in [1.29, 1.82) is 0 Å². The fourth-order valence-electron chi connectivity index (χ4n) is 1.63. The molecule has 1 fully saturated rings. The molecule has 1 aliphatic rings. The van der Waals surface area contributed by atoms with Crippen molar-refractivity contribution in [3.63, 3.8) is 0 Å². The van der Waals surface area contributed by atoms with E-state index in [2.05, 4.69) is 5.32 Å². The van der Waals surface area contributed by atoms with E-state index in [-0.39, 0.29) is 12.0 Å². The Hall–Kier alpha value is -1.26. The molecule has 5 heteroatoms. The van der Waals surface area contributed by atoms with Crippen LogP contribution in [-0.2, 0) is 9.53 Å². The monoisotopic (exact) mass is 240 g/mol. The number of nitrogens with two attached hydrogens (primary N) is 1. The van der Waals surface area contributed by atoms with E-state index in [0.29, 0.717) is 23.0 Å². The van der Waals surface area contributed by atoms with Crippen molar-refractivity contribution < 1.29 is 9.53 Å². The van der Waals surface area contributed by atoms with Gasteiger partial charge in [-0.1, -0.05) is 11.6 Å². The van der Waals surface area contributed by atoms with E-state index in [0.717, 1.165) is 12.8 Å². The van der Waals surface area contributed by atoms with Crippen LogP contribution >= 0.6 is 11.6 Å². The molecule has 0 spiro atoms. The molecule has 1 aliphatic heterocycles. The fourth-order valence-corrected chi connectivity index (χ4v) is 1.75. The van der Waals surface area contributed by atoms with Gasteiger partial charge in [0.15, 0.2) is 0 Å². The summed E-state index contributed by atoms with van der Waals surface area (Å²) in [5, 5.41) is 3.23. The van der Waals surface area contributed by atoms with Gasteiger partial charge in [-0.2, -0.15) is 0 Å². The number of rotatable bonds is 2. The number of nitrogen functional groups attached to an aromatic ring is 1. The Labute approximate surface area is 98.7 Å². The molecule has 1 heterocycles. The van der Waals surface area contributed by atoms with Gasteiger partial charge in [0.25, 0.3) is 5.91 Å². The van der Waals surface area contributed by atoms with E-state index < -0.39 is 0 Å². The highest BCUT2D eigenvalue weighted by molar-refractivity contribution is 6.33. The van der Waals surface area contributed by atoms with Gasteiger partial charge < -0.3 is 15.8 Å². The van der Waals surface area contributed by atoms with E-state index in [1.807, 2.05) is 0 Å². The van der Waals surface area contributed by atoms with Crippen LogP contribution in [-0.4, -0.2) is 18.6 Å². The molecule has 0 aromatic heterocycles. The minimum absolute atomic E-state index is 0.126. The second-order valence-corrected chi connectivity index (χ2v) is 4.13. The van der Waals surface area contributed by atoms with Crippen LogP contribution in [0.2, 0.25) is 5.02 Å². The first-order valence-electron chi connectivity index (χ1n) is 5.14. The van der Waals surface area contributed by atoms with Crippen molar-refractivity contribution in [2.24, 2.45) is 0 Å². The van der Waals surface area contributed by atoms with Crippen LogP contribution in [0, 0.1) is 0 Å². The zero-order valence-corrected chi connectivity index (χ0v) is 9.46. The summed E-state index contributed by atoms with van der Waals surface area (Å²) in [5.74, 6) is -0.126. The second kappa shape index (κ2) is 4.72.